The maximum Gasteiger partial charge on any atom is 0.513 e. The smallest absolute Gasteiger partial charge is 0.494 e. The van der Waals surface area contributed by atoms with Crippen LogP contribution in [0.3, 0.4) is 0 Å². The van der Waals surface area contributed by atoms with Crippen LogP contribution in [0.15, 0.2) is 103 Å². The molecule has 0 unspecified atom stereocenters. The summed E-state index contributed by atoms with van der Waals surface area (Å²) in [6.07, 6.45) is 3.21. The lowest BCUT2D eigenvalue weighted by Gasteiger charge is -2.08. The summed E-state index contributed by atoms with van der Waals surface area (Å²) >= 11 is 1.12. The van der Waals surface area contributed by atoms with Crippen LogP contribution >= 0.6 is 11.8 Å². The van der Waals surface area contributed by atoms with Crippen LogP contribution in [0, 0.1) is 0 Å². The lowest BCUT2D eigenvalue weighted by Crippen LogP contribution is -2.12. The van der Waals surface area contributed by atoms with Gasteiger partial charge in [-0.15, -0.1) is 0 Å². The third-order valence-corrected chi connectivity index (χ3v) is 6.65. The molecule has 0 saturated carbocycles. The van der Waals surface area contributed by atoms with E-state index in [1.54, 1.807) is 48.5 Å². The highest BCUT2D eigenvalue weighted by Crippen LogP contribution is 2.27. The molecule has 0 saturated heterocycles. The van der Waals surface area contributed by atoms with Gasteiger partial charge in [-0.2, -0.15) is 0 Å². The summed E-state index contributed by atoms with van der Waals surface area (Å²) in [5.74, 6) is 0.140. The fraction of sp³-hybridized carbons (Fsp3) is 0.212. The zero-order chi connectivity index (χ0) is 30.9. The molecule has 3 rings (SSSR count). The van der Waals surface area contributed by atoms with Gasteiger partial charge in [0, 0.05) is 23.0 Å². The van der Waals surface area contributed by atoms with Crippen LogP contribution < -0.4 is 9.47 Å². The van der Waals surface area contributed by atoms with Crippen molar-refractivity contribution in [1.82, 2.24) is 0 Å². The van der Waals surface area contributed by atoms with E-state index in [-0.39, 0.29) is 30.7 Å². The van der Waals surface area contributed by atoms with E-state index in [0.29, 0.717) is 42.9 Å². The molecule has 0 atom stereocenters. The third kappa shape index (κ3) is 11.9. The highest BCUT2D eigenvalue weighted by molar-refractivity contribution is 8.14. The van der Waals surface area contributed by atoms with Crippen molar-refractivity contribution in [1.29, 1.82) is 0 Å². The first-order valence-corrected chi connectivity index (χ1v) is 14.3. The molecule has 0 spiro atoms. The number of carbonyl (C=O) groups is 4. The molecule has 0 aliphatic rings. The summed E-state index contributed by atoms with van der Waals surface area (Å²) in [5.41, 5.74) is 2.34. The number of rotatable bonds is 16. The summed E-state index contributed by atoms with van der Waals surface area (Å²) in [7, 11) is 0. The van der Waals surface area contributed by atoms with Gasteiger partial charge in [0.05, 0.1) is 26.1 Å². The molecular weight excluding hydrogens is 572 g/mol. The maximum absolute atomic E-state index is 12.8. The van der Waals surface area contributed by atoms with E-state index in [2.05, 4.69) is 17.9 Å². The van der Waals surface area contributed by atoms with Gasteiger partial charge in [-0.3, -0.25) is 9.59 Å². The Kier molecular flexibility index (Phi) is 13.6. The predicted molar refractivity (Wildman–Crippen MR) is 162 cm³/mol. The third-order valence-electron chi connectivity index (χ3n) is 5.72. The summed E-state index contributed by atoms with van der Waals surface area (Å²) in [5, 5.41) is -0.0963. The summed E-state index contributed by atoms with van der Waals surface area (Å²) in [6, 6.07) is 21.3. The lowest BCUT2D eigenvalue weighted by atomic mass is 10.0. The van der Waals surface area contributed by atoms with E-state index in [4.69, 9.17) is 18.9 Å². The van der Waals surface area contributed by atoms with Crippen molar-refractivity contribution in [2.24, 2.45) is 0 Å². The SMILES string of the molecule is C=COC(=O)CCCOc1ccc(SC(=O)c2ccc(-c3ccc(OC(=O)OCCCCOC(=O)C=C)cc3)cc2)cc1. The molecule has 0 amide bonds. The molecule has 0 aliphatic carbocycles. The fourth-order valence-electron chi connectivity index (χ4n) is 3.56. The molecule has 0 aliphatic heterocycles. The molecule has 0 heterocycles. The predicted octanol–water partition coefficient (Wildman–Crippen LogP) is 7.16. The lowest BCUT2D eigenvalue weighted by molar-refractivity contribution is -0.139. The number of ether oxygens (including phenoxy) is 5. The van der Waals surface area contributed by atoms with Crippen LogP contribution in [0.2, 0.25) is 0 Å². The largest absolute Gasteiger partial charge is 0.513 e. The minimum Gasteiger partial charge on any atom is -0.494 e. The van der Waals surface area contributed by atoms with Gasteiger partial charge < -0.3 is 23.7 Å². The van der Waals surface area contributed by atoms with Crippen molar-refractivity contribution in [2.45, 2.75) is 30.6 Å². The van der Waals surface area contributed by atoms with Crippen molar-refractivity contribution in [3.8, 4) is 22.6 Å². The summed E-state index contributed by atoms with van der Waals surface area (Å²) in [4.78, 5) is 47.7. The number of benzene rings is 3. The molecule has 0 aromatic heterocycles. The zero-order valence-corrected chi connectivity index (χ0v) is 24.3. The fourth-order valence-corrected chi connectivity index (χ4v) is 4.30. The standard InChI is InChI=1S/C33H32O9S/c1-3-30(34)40-21-5-6-22-41-33(37)42-28-15-13-25(14-16-28)24-9-11-26(12-10-24)32(36)43-29-19-17-27(18-20-29)39-23-7-8-31(35)38-4-2/h3-4,9-20H,1-2,5-8,21-23H2. The first-order chi connectivity index (χ1) is 20.9. The van der Waals surface area contributed by atoms with Crippen molar-refractivity contribution in [2.75, 3.05) is 19.8 Å². The minimum absolute atomic E-state index is 0.0963. The van der Waals surface area contributed by atoms with Crippen LogP contribution in [0.5, 0.6) is 11.5 Å². The Morgan fingerprint density at radius 1 is 0.698 bits per heavy atom. The molecule has 3 aromatic carbocycles. The Bertz CT molecular complexity index is 1380. The Morgan fingerprint density at radius 3 is 1.93 bits per heavy atom. The molecule has 9 nitrogen and oxygen atoms in total. The van der Waals surface area contributed by atoms with Gasteiger partial charge in [-0.25, -0.2) is 9.59 Å². The second-order valence-electron chi connectivity index (χ2n) is 8.85. The Balaban J connectivity index is 1.41. The zero-order valence-electron chi connectivity index (χ0n) is 23.5. The number of hydrogen-bond acceptors (Lipinski definition) is 10. The monoisotopic (exact) mass is 604 g/mol. The van der Waals surface area contributed by atoms with Gasteiger partial charge in [0.2, 0.25) is 5.12 Å². The van der Waals surface area contributed by atoms with Gasteiger partial charge >= 0.3 is 18.1 Å². The molecule has 224 valence electrons. The van der Waals surface area contributed by atoms with Gasteiger partial charge in [0.15, 0.2) is 0 Å². The maximum atomic E-state index is 12.8. The van der Waals surface area contributed by atoms with E-state index in [9.17, 15) is 19.2 Å². The number of esters is 2. The minimum atomic E-state index is -0.818. The van der Waals surface area contributed by atoms with Crippen LogP contribution in [0.25, 0.3) is 11.1 Å². The first kappa shape index (κ1) is 32.7. The van der Waals surface area contributed by atoms with Crippen molar-refractivity contribution in [3.05, 3.63) is 104 Å². The van der Waals surface area contributed by atoms with Gasteiger partial charge in [-0.05, 0) is 90.7 Å². The van der Waals surface area contributed by atoms with Crippen molar-refractivity contribution < 1.29 is 42.9 Å². The molecule has 0 radical (unpaired) electrons. The van der Waals surface area contributed by atoms with E-state index < -0.39 is 12.1 Å². The normalized spacial score (nSPS) is 10.2. The van der Waals surface area contributed by atoms with E-state index in [0.717, 1.165) is 40.1 Å². The second-order valence-corrected chi connectivity index (χ2v) is 9.90. The molecular formula is C33H32O9S. The highest BCUT2D eigenvalue weighted by Gasteiger charge is 2.11. The molecule has 10 heteroatoms. The number of carbonyl (C=O) groups excluding carboxylic acids is 4. The van der Waals surface area contributed by atoms with Crippen LogP contribution in [0.1, 0.15) is 36.0 Å². The van der Waals surface area contributed by atoms with Crippen molar-refractivity contribution in [3.63, 3.8) is 0 Å². The number of hydrogen-bond donors (Lipinski definition) is 0. The highest BCUT2D eigenvalue weighted by atomic mass is 32.2. The quantitative estimate of drug-likeness (QED) is 0.0317. The Hall–Kier alpha value is -4.83. The van der Waals surface area contributed by atoms with Crippen molar-refractivity contribution >= 4 is 35.0 Å². The van der Waals surface area contributed by atoms with Crippen LogP contribution in [0.4, 0.5) is 4.79 Å². The molecule has 0 bridgehead atoms. The second kappa shape index (κ2) is 17.9. The Morgan fingerprint density at radius 2 is 1.30 bits per heavy atom. The van der Waals surface area contributed by atoms with Crippen LogP contribution in [-0.4, -0.2) is 43.0 Å². The molecule has 0 fully saturated rings. The molecule has 3 aromatic rings. The number of thioether (sulfide) groups is 1. The van der Waals surface area contributed by atoms with Gasteiger partial charge in [0.25, 0.3) is 0 Å². The Labute approximate surface area is 254 Å². The average Bonchev–Trinajstić information content (AvgIpc) is 3.02. The number of unbranched alkanes of at least 4 members (excludes halogenated alkanes) is 1. The van der Waals surface area contributed by atoms with Gasteiger partial charge in [-0.1, -0.05) is 37.4 Å². The first-order valence-electron chi connectivity index (χ1n) is 13.5. The molecule has 43 heavy (non-hydrogen) atoms. The van der Waals surface area contributed by atoms with Crippen LogP contribution in [-0.2, 0) is 23.8 Å². The van der Waals surface area contributed by atoms with E-state index >= 15 is 0 Å². The average molecular weight is 605 g/mol. The van der Waals surface area contributed by atoms with E-state index in [1.807, 2.05) is 24.3 Å². The topological polar surface area (TPSA) is 114 Å². The van der Waals surface area contributed by atoms with E-state index in [1.165, 1.54) is 0 Å². The van der Waals surface area contributed by atoms with Gasteiger partial charge in [0.1, 0.15) is 11.5 Å². The summed E-state index contributed by atoms with van der Waals surface area (Å²) in [6.45, 7) is 7.39. The summed E-state index contributed by atoms with van der Waals surface area (Å²) < 4.78 is 25.4. The molecule has 0 N–H and O–H groups in total.